The summed E-state index contributed by atoms with van der Waals surface area (Å²) in [5, 5.41) is 2.06. The van der Waals surface area contributed by atoms with Crippen molar-refractivity contribution in [3.8, 4) is 17.2 Å². The van der Waals surface area contributed by atoms with Gasteiger partial charge in [-0.05, 0) is 68.5 Å². The molecule has 0 saturated carbocycles. The zero-order chi connectivity index (χ0) is 26.6. The lowest BCUT2D eigenvalue weighted by Crippen LogP contribution is -2.53. The van der Waals surface area contributed by atoms with Crippen molar-refractivity contribution in [2.75, 3.05) is 33.9 Å². The van der Waals surface area contributed by atoms with Gasteiger partial charge < -0.3 is 24.0 Å². The lowest BCUT2D eigenvalue weighted by Gasteiger charge is -2.40. The van der Waals surface area contributed by atoms with E-state index in [1.807, 2.05) is 56.0 Å². The molecule has 0 spiro atoms. The highest BCUT2D eigenvalue weighted by Crippen LogP contribution is 2.35. The first-order valence-corrected chi connectivity index (χ1v) is 13.2. The number of ether oxygens (including phenoxy) is 3. The number of hydrogen-bond acceptors (Lipinski definition) is 6. The molecular formula is C29H34N2O5S. The first-order chi connectivity index (χ1) is 17.7. The molecule has 37 heavy (non-hydrogen) atoms. The highest BCUT2D eigenvalue weighted by Gasteiger charge is 2.36. The van der Waals surface area contributed by atoms with Crippen LogP contribution in [0.25, 0.3) is 0 Å². The first-order valence-electron chi connectivity index (χ1n) is 12.3. The molecule has 0 saturated heterocycles. The fourth-order valence-corrected chi connectivity index (χ4v) is 5.52. The van der Waals surface area contributed by atoms with Gasteiger partial charge in [0.1, 0.15) is 18.9 Å². The van der Waals surface area contributed by atoms with Gasteiger partial charge in [-0.25, -0.2) is 0 Å². The number of methoxy groups -OCH3 is 2. The maximum atomic E-state index is 13.8. The molecule has 0 unspecified atom stereocenters. The number of hydrogen-bond donors (Lipinski definition) is 0. The van der Waals surface area contributed by atoms with Gasteiger partial charge in [-0.1, -0.05) is 24.3 Å². The fourth-order valence-electron chi connectivity index (χ4n) is 4.59. The lowest BCUT2D eigenvalue weighted by atomic mass is 9.99. The number of carbonyl (C=O) groups is 2. The minimum atomic E-state index is -0.583. The third-order valence-electron chi connectivity index (χ3n) is 6.57. The minimum absolute atomic E-state index is 0.0506. The normalized spacial score (nSPS) is 15.1. The van der Waals surface area contributed by atoms with Gasteiger partial charge in [0.15, 0.2) is 11.5 Å². The fraction of sp³-hybridized carbons (Fsp3) is 0.379. The third kappa shape index (κ3) is 5.74. The van der Waals surface area contributed by atoms with Crippen molar-refractivity contribution >= 4 is 23.2 Å². The molecule has 2 aromatic carbocycles. The molecule has 0 aliphatic carbocycles. The zero-order valence-electron chi connectivity index (χ0n) is 22.0. The maximum Gasteiger partial charge on any atom is 0.258 e. The lowest BCUT2D eigenvalue weighted by molar-refractivity contribution is -0.136. The van der Waals surface area contributed by atoms with Crippen molar-refractivity contribution in [1.82, 2.24) is 9.80 Å². The van der Waals surface area contributed by atoms with Gasteiger partial charge in [-0.3, -0.25) is 9.59 Å². The van der Waals surface area contributed by atoms with E-state index >= 15 is 0 Å². The van der Waals surface area contributed by atoms with E-state index in [1.165, 1.54) is 12.0 Å². The molecule has 1 aliphatic rings. The Kier molecular flexibility index (Phi) is 8.07. The summed E-state index contributed by atoms with van der Waals surface area (Å²) < 4.78 is 17.0. The molecular weight excluding hydrogens is 488 g/mol. The Hall–Kier alpha value is -3.52. The van der Waals surface area contributed by atoms with Crippen LogP contribution in [-0.4, -0.2) is 61.1 Å². The van der Waals surface area contributed by atoms with Crippen LogP contribution >= 0.6 is 11.3 Å². The van der Waals surface area contributed by atoms with Crippen LogP contribution in [0.4, 0.5) is 0 Å². The summed E-state index contributed by atoms with van der Waals surface area (Å²) in [4.78, 5) is 32.2. The zero-order valence-corrected chi connectivity index (χ0v) is 22.8. The smallest absolute Gasteiger partial charge is 0.258 e. The number of rotatable bonds is 8. The second-order valence-corrected chi connectivity index (χ2v) is 10.9. The van der Waals surface area contributed by atoms with Gasteiger partial charge in [0.05, 0.1) is 25.8 Å². The number of para-hydroxylation sites is 3. The highest BCUT2D eigenvalue weighted by molar-refractivity contribution is 7.10. The van der Waals surface area contributed by atoms with Crippen LogP contribution in [0, 0.1) is 0 Å². The van der Waals surface area contributed by atoms with Crippen molar-refractivity contribution in [2.24, 2.45) is 0 Å². The van der Waals surface area contributed by atoms with E-state index in [4.69, 9.17) is 14.2 Å². The molecule has 0 radical (unpaired) electrons. The molecule has 4 rings (SSSR count). The number of benzene rings is 2. The Morgan fingerprint density at radius 1 is 0.973 bits per heavy atom. The van der Waals surface area contributed by atoms with Crippen molar-refractivity contribution in [1.29, 1.82) is 0 Å². The molecule has 196 valence electrons. The summed E-state index contributed by atoms with van der Waals surface area (Å²) >= 11 is 1.70. The molecule has 1 aliphatic heterocycles. The summed E-state index contributed by atoms with van der Waals surface area (Å²) in [7, 11) is 3.15. The predicted molar refractivity (Wildman–Crippen MR) is 145 cm³/mol. The molecule has 1 aromatic heterocycles. The van der Waals surface area contributed by atoms with Gasteiger partial charge in [-0.2, -0.15) is 0 Å². The standard InChI is InChI=1S/C29H34N2O5S/c1-29(2,3)31(28(33)21-10-6-7-11-23(21)34-4)18-27(32)30-16-14-26-20(15-17-37-26)22(30)19-36-25-13-9-8-12-24(25)35-5/h6-13,15,17,22H,14,16,18-19H2,1-5H3/t22-/m0/s1. The number of nitrogens with zero attached hydrogens (tertiary/aromatic N) is 2. The summed E-state index contributed by atoms with van der Waals surface area (Å²) in [5.74, 6) is 1.39. The number of amides is 2. The quantitative estimate of drug-likeness (QED) is 0.406. The van der Waals surface area contributed by atoms with Crippen LogP contribution in [0.1, 0.15) is 47.6 Å². The first kappa shape index (κ1) is 26.5. The number of thiophene rings is 1. The molecule has 1 atom stereocenters. The summed E-state index contributed by atoms with van der Waals surface area (Å²) in [6.07, 6.45) is 0.778. The summed E-state index contributed by atoms with van der Waals surface area (Å²) in [6, 6.07) is 16.4. The van der Waals surface area contributed by atoms with Gasteiger partial charge in [0.2, 0.25) is 5.91 Å². The van der Waals surface area contributed by atoms with Crippen molar-refractivity contribution in [3.63, 3.8) is 0 Å². The Morgan fingerprint density at radius 2 is 1.62 bits per heavy atom. The Labute approximate surface area is 222 Å². The molecule has 8 heteroatoms. The maximum absolute atomic E-state index is 13.8. The van der Waals surface area contributed by atoms with Crippen LogP contribution in [0.15, 0.2) is 60.0 Å². The molecule has 0 N–H and O–H groups in total. The molecule has 3 aromatic rings. The van der Waals surface area contributed by atoms with E-state index < -0.39 is 5.54 Å². The SMILES string of the molecule is COc1ccccc1OC[C@H]1c2ccsc2CCN1C(=O)CN(C(=O)c1ccccc1OC)C(C)(C)C. The average Bonchev–Trinajstić information content (AvgIpc) is 3.38. The average molecular weight is 523 g/mol. The third-order valence-corrected chi connectivity index (χ3v) is 7.56. The number of fused-ring (bicyclic) bond motifs is 1. The predicted octanol–water partition coefficient (Wildman–Crippen LogP) is 5.21. The summed E-state index contributed by atoms with van der Waals surface area (Å²) in [5.41, 5.74) is 0.945. The Bertz CT molecular complexity index is 1250. The second kappa shape index (κ2) is 11.3. The van der Waals surface area contributed by atoms with E-state index in [2.05, 4.69) is 11.4 Å². The topological polar surface area (TPSA) is 68.3 Å². The number of carbonyl (C=O) groups excluding carboxylic acids is 2. The Balaban J connectivity index is 1.59. The molecule has 2 heterocycles. The van der Waals surface area contributed by atoms with E-state index in [1.54, 1.807) is 41.5 Å². The van der Waals surface area contributed by atoms with Crippen LogP contribution in [0.3, 0.4) is 0 Å². The largest absolute Gasteiger partial charge is 0.496 e. The van der Waals surface area contributed by atoms with E-state index in [9.17, 15) is 9.59 Å². The monoisotopic (exact) mass is 522 g/mol. The summed E-state index contributed by atoms with van der Waals surface area (Å²) in [6.45, 7) is 6.60. The van der Waals surface area contributed by atoms with Crippen LogP contribution in [-0.2, 0) is 11.2 Å². The van der Waals surface area contributed by atoms with Crippen molar-refractivity contribution < 1.29 is 23.8 Å². The molecule has 7 nitrogen and oxygen atoms in total. The molecule has 0 bridgehead atoms. The van der Waals surface area contributed by atoms with Crippen LogP contribution < -0.4 is 14.2 Å². The Morgan fingerprint density at radius 3 is 2.30 bits per heavy atom. The minimum Gasteiger partial charge on any atom is -0.496 e. The van der Waals surface area contributed by atoms with Gasteiger partial charge in [0.25, 0.3) is 5.91 Å². The molecule has 0 fully saturated rings. The van der Waals surface area contributed by atoms with Crippen molar-refractivity contribution in [2.45, 2.75) is 38.8 Å². The van der Waals surface area contributed by atoms with E-state index in [0.29, 0.717) is 29.4 Å². The second-order valence-electron chi connectivity index (χ2n) is 9.88. The van der Waals surface area contributed by atoms with Gasteiger partial charge in [0, 0.05) is 17.0 Å². The van der Waals surface area contributed by atoms with Crippen LogP contribution in [0.5, 0.6) is 17.2 Å². The highest BCUT2D eigenvalue weighted by atomic mass is 32.1. The van der Waals surface area contributed by atoms with Crippen LogP contribution in [0.2, 0.25) is 0 Å². The van der Waals surface area contributed by atoms with Gasteiger partial charge in [-0.15, -0.1) is 11.3 Å². The molecule has 2 amide bonds. The van der Waals surface area contributed by atoms with E-state index in [-0.39, 0.29) is 31.0 Å². The van der Waals surface area contributed by atoms with E-state index in [0.717, 1.165) is 12.0 Å². The van der Waals surface area contributed by atoms with Gasteiger partial charge >= 0.3 is 0 Å². The van der Waals surface area contributed by atoms with Crippen molar-refractivity contribution in [3.05, 3.63) is 76.0 Å².